The fourth-order valence-corrected chi connectivity index (χ4v) is 1.48. The number of hydrogen-bond acceptors (Lipinski definition) is 4. The Morgan fingerprint density at radius 2 is 1.81 bits per heavy atom. The van der Waals surface area contributed by atoms with Crippen LogP contribution in [0.5, 0.6) is 0 Å². The summed E-state index contributed by atoms with van der Waals surface area (Å²) < 4.78 is 4.65. The first-order valence-electron chi connectivity index (χ1n) is 4.69. The van der Waals surface area contributed by atoms with Gasteiger partial charge >= 0.3 is 5.97 Å². The van der Waals surface area contributed by atoms with Crippen molar-refractivity contribution in [1.29, 1.82) is 0 Å². The largest absolute Gasteiger partial charge is 0.465 e. The molecule has 0 saturated heterocycles. The van der Waals surface area contributed by atoms with Crippen LogP contribution in [0.2, 0.25) is 0 Å². The average molecular weight is 222 g/mol. The van der Waals surface area contributed by atoms with Gasteiger partial charge in [0.05, 0.1) is 12.7 Å². The second-order valence-electron chi connectivity index (χ2n) is 3.39. The molecule has 0 fully saturated rings. The maximum Gasteiger partial charge on any atom is 0.338 e. The lowest BCUT2D eigenvalue weighted by atomic mass is 9.97. The average Bonchev–Trinajstić information content (AvgIpc) is 2.30. The molecule has 0 aliphatic carbocycles. The quantitative estimate of drug-likeness (QED) is 0.259. The van der Waals surface area contributed by atoms with Gasteiger partial charge in [0, 0.05) is 5.56 Å². The van der Waals surface area contributed by atoms with E-state index in [9.17, 15) is 4.79 Å². The number of carbonyl (C=O) groups excluding carboxylic acids is 1. The van der Waals surface area contributed by atoms with Crippen molar-refractivity contribution in [3.63, 3.8) is 0 Å². The first kappa shape index (κ1) is 12.0. The molecule has 16 heavy (non-hydrogen) atoms. The molecule has 0 aliphatic rings. The van der Waals surface area contributed by atoms with E-state index in [-0.39, 0.29) is 5.84 Å². The topological polar surface area (TPSA) is 84.9 Å². The third-order valence-electron chi connectivity index (χ3n) is 2.58. The van der Waals surface area contributed by atoms with E-state index in [4.69, 9.17) is 10.9 Å². The number of esters is 1. The summed E-state index contributed by atoms with van der Waals surface area (Å²) in [5, 5.41) is 11.5. The molecular weight excluding hydrogens is 208 g/mol. The number of methoxy groups -OCH3 is 1. The summed E-state index contributed by atoms with van der Waals surface area (Å²) in [5.74, 6) is -0.372. The molecule has 1 aromatic carbocycles. The number of nitrogens with two attached hydrogens (primary N) is 1. The Bertz CT molecular complexity index is 453. The Hall–Kier alpha value is -2.04. The maximum atomic E-state index is 11.4. The highest BCUT2D eigenvalue weighted by atomic mass is 16.5. The van der Waals surface area contributed by atoms with E-state index in [1.165, 1.54) is 7.11 Å². The lowest BCUT2D eigenvalue weighted by Crippen LogP contribution is -2.16. The van der Waals surface area contributed by atoms with Gasteiger partial charge in [0.1, 0.15) is 0 Å². The Kier molecular flexibility index (Phi) is 3.50. The minimum Gasteiger partial charge on any atom is -0.465 e. The van der Waals surface area contributed by atoms with Crippen molar-refractivity contribution in [2.24, 2.45) is 10.9 Å². The third kappa shape index (κ3) is 1.98. The van der Waals surface area contributed by atoms with Gasteiger partial charge in [-0.2, -0.15) is 0 Å². The number of ether oxygens (including phenoxy) is 1. The molecule has 0 spiro atoms. The van der Waals surface area contributed by atoms with E-state index in [0.717, 1.165) is 11.1 Å². The highest BCUT2D eigenvalue weighted by Crippen LogP contribution is 2.18. The minimum absolute atomic E-state index is 0.0250. The van der Waals surface area contributed by atoms with Crippen LogP contribution in [0, 0.1) is 13.8 Å². The van der Waals surface area contributed by atoms with E-state index >= 15 is 0 Å². The van der Waals surface area contributed by atoms with E-state index in [2.05, 4.69) is 9.89 Å². The molecule has 0 unspecified atom stereocenters. The summed E-state index contributed by atoms with van der Waals surface area (Å²) in [6.45, 7) is 3.59. The fourth-order valence-electron chi connectivity index (χ4n) is 1.48. The number of carbonyl (C=O) groups is 1. The Morgan fingerprint density at radius 3 is 2.31 bits per heavy atom. The molecule has 0 aliphatic heterocycles. The monoisotopic (exact) mass is 222 g/mol. The molecular formula is C11H14N2O3. The second-order valence-corrected chi connectivity index (χ2v) is 3.39. The Balaban J connectivity index is 3.34. The van der Waals surface area contributed by atoms with E-state index in [1.807, 2.05) is 0 Å². The van der Waals surface area contributed by atoms with E-state index in [0.29, 0.717) is 11.1 Å². The van der Waals surface area contributed by atoms with E-state index < -0.39 is 5.97 Å². The lowest BCUT2D eigenvalue weighted by molar-refractivity contribution is 0.0600. The molecule has 0 saturated carbocycles. The van der Waals surface area contributed by atoms with Crippen molar-refractivity contribution in [1.82, 2.24) is 0 Å². The normalized spacial score (nSPS) is 11.3. The Morgan fingerprint density at radius 1 is 1.31 bits per heavy atom. The standard InChI is InChI=1S/C11H14N2O3/c1-6-7(2)9(11(14)16-3)5-4-8(6)10(12)13-15/h4-5,15H,1-3H3,(H2,12,13). The van der Waals surface area contributed by atoms with Crippen LogP contribution in [0.15, 0.2) is 17.3 Å². The fraction of sp³-hybridized carbons (Fsp3) is 0.273. The third-order valence-corrected chi connectivity index (χ3v) is 2.58. The zero-order valence-corrected chi connectivity index (χ0v) is 9.44. The summed E-state index contributed by atoms with van der Waals surface area (Å²) in [6.07, 6.45) is 0. The van der Waals surface area contributed by atoms with Crippen LogP contribution in [0.1, 0.15) is 27.0 Å². The molecule has 0 atom stereocenters. The molecule has 0 heterocycles. The van der Waals surface area contributed by atoms with Crippen LogP contribution in [-0.4, -0.2) is 24.1 Å². The van der Waals surface area contributed by atoms with Crippen molar-refractivity contribution in [3.8, 4) is 0 Å². The minimum atomic E-state index is -0.397. The van der Waals surface area contributed by atoms with Gasteiger partial charge in [-0.1, -0.05) is 11.2 Å². The first-order chi connectivity index (χ1) is 7.52. The molecule has 0 amide bonds. The van der Waals surface area contributed by atoms with Crippen molar-refractivity contribution in [2.45, 2.75) is 13.8 Å². The van der Waals surface area contributed by atoms with Crippen molar-refractivity contribution < 1.29 is 14.7 Å². The molecule has 0 bridgehead atoms. The first-order valence-corrected chi connectivity index (χ1v) is 4.69. The summed E-state index contributed by atoms with van der Waals surface area (Å²) in [6, 6.07) is 3.23. The predicted molar refractivity (Wildman–Crippen MR) is 59.8 cm³/mol. The van der Waals surface area contributed by atoms with Gasteiger partial charge in [0.15, 0.2) is 5.84 Å². The zero-order chi connectivity index (χ0) is 12.3. The lowest BCUT2D eigenvalue weighted by Gasteiger charge is -2.10. The van der Waals surface area contributed by atoms with Crippen molar-refractivity contribution in [3.05, 3.63) is 34.4 Å². The van der Waals surface area contributed by atoms with Gasteiger partial charge in [0.25, 0.3) is 0 Å². The summed E-state index contributed by atoms with van der Waals surface area (Å²) in [7, 11) is 1.33. The summed E-state index contributed by atoms with van der Waals surface area (Å²) >= 11 is 0. The number of rotatable bonds is 2. The van der Waals surface area contributed by atoms with Crippen LogP contribution in [-0.2, 0) is 4.74 Å². The molecule has 1 aromatic rings. The summed E-state index contributed by atoms with van der Waals surface area (Å²) in [5.41, 5.74) is 8.14. The van der Waals surface area contributed by atoms with Gasteiger partial charge < -0.3 is 15.7 Å². The zero-order valence-electron chi connectivity index (χ0n) is 9.44. The molecule has 86 valence electrons. The van der Waals surface area contributed by atoms with Crippen LogP contribution in [0.25, 0.3) is 0 Å². The van der Waals surface area contributed by atoms with Crippen LogP contribution in [0.3, 0.4) is 0 Å². The molecule has 0 radical (unpaired) electrons. The highest BCUT2D eigenvalue weighted by Gasteiger charge is 2.14. The number of nitrogens with zero attached hydrogens (tertiary/aromatic N) is 1. The maximum absolute atomic E-state index is 11.4. The van der Waals surface area contributed by atoms with Gasteiger partial charge in [-0.3, -0.25) is 0 Å². The van der Waals surface area contributed by atoms with Crippen LogP contribution >= 0.6 is 0 Å². The van der Waals surface area contributed by atoms with Gasteiger partial charge in [0.2, 0.25) is 0 Å². The Labute approximate surface area is 93.5 Å². The molecule has 3 N–H and O–H groups in total. The SMILES string of the molecule is COC(=O)c1ccc(/C(N)=N/O)c(C)c1C. The number of amidine groups is 1. The van der Waals surface area contributed by atoms with Crippen LogP contribution in [0.4, 0.5) is 0 Å². The molecule has 1 rings (SSSR count). The highest BCUT2D eigenvalue weighted by molar-refractivity contribution is 6.00. The smallest absolute Gasteiger partial charge is 0.338 e. The number of oxime groups is 1. The molecule has 5 heteroatoms. The number of benzene rings is 1. The summed E-state index contributed by atoms with van der Waals surface area (Å²) in [4.78, 5) is 11.4. The second kappa shape index (κ2) is 4.65. The van der Waals surface area contributed by atoms with E-state index in [1.54, 1.807) is 26.0 Å². The molecule has 5 nitrogen and oxygen atoms in total. The van der Waals surface area contributed by atoms with Crippen molar-refractivity contribution in [2.75, 3.05) is 7.11 Å². The van der Waals surface area contributed by atoms with Gasteiger partial charge in [-0.05, 0) is 31.0 Å². The van der Waals surface area contributed by atoms with Crippen molar-refractivity contribution >= 4 is 11.8 Å². The van der Waals surface area contributed by atoms with Crippen LogP contribution < -0.4 is 5.73 Å². The predicted octanol–water partition coefficient (Wildman–Crippen LogP) is 1.18. The number of hydrogen-bond donors (Lipinski definition) is 2. The van der Waals surface area contributed by atoms with Gasteiger partial charge in [-0.15, -0.1) is 0 Å². The molecule has 0 aromatic heterocycles. The van der Waals surface area contributed by atoms with Gasteiger partial charge in [-0.25, -0.2) is 4.79 Å².